The maximum atomic E-state index is 12.8. The smallest absolute Gasteiger partial charge is 0.243 e. The van der Waals surface area contributed by atoms with E-state index in [1.54, 1.807) is 18.2 Å². The van der Waals surface area contributed by atoms with Crippen molar-refractivity contribution >= 4 is 21.5 Å². The van der Waals surface area contributed by atoms with Crippen LogP contribution in [0, 0.1) is 0 Å². The van der Waals surface area contributed by atoms with Crippen LogP contribution in [0.15, 0.2) is 65.2 Å². The lowest BCUT2D eigenvalue weighted by Gasteiger charge is -2.24. The van der Waals surface area contributed by atoms with Crippen LogP contribution in [-0.2, 0) is 20.2 Å². The van der Waals surface area contributed by atoms with Gasteiger partial charge < -0.3 is 9.64 Å². The summed E-state index contributed by atoms with van der Waals surface area (Å²) >= 11 is 0. The number of likely N-dealkylation sites (N-methyl/N-ethyl adjacent to an activating group) is 2. The van der Waals surface area contributed by atoms with Crippen molar-refractivity contribution in [2.45, 2.75) is 24.2 Å². The topological polar surface area (TPSA) is 66.9 Å². The molecular formula is C22H26N2O4S. The van der Waals surface area contributed by atoms with Gasteiger partial charge in [0.05, 0.1) is 18.6 Å². The lowest BCUT2D eigenvalue weighted by atomic mass is 9.83. The van der Waals surface area contributed by atoms with Crippen LogP contribution in [0.3, 0.4) is 0 Å². The second-order valence-corrected chi connectivity index (χ2v) is 9.68. The van der Waals surface area contributed by atoms with Crippen molar-refractivity contribution in [2.24, 2.45) is 0 Å². The third kappa shape index (κ3) is 3.80. The van der Waals surface area contributed by atoms with Gasteiger partial charge in [0.15, 0.2) is 5.78 Å². The molecule has 2 aromatic carbocycles. The molecule has 0 bridgehead atoms. The highest BCUT2D eigenvalue weighted by Gasteiger charge is 2.38. The number of ether oxygens (including phenoxy) is 1. The molecule has 3 rings (SSSR count). The van der Waals surface area contributed by atoms with Crippen molar-refractivity contribution in [3.05, 3.63) is 65.9 Å². The summed E-state index contributed by atoms with van der Waals surface area (Å²) in [4.78, 5) is 14.9. The van der Waals surface area contributed by atoms with Gasteiger partial charge in [0.2, 0.25) is 10.0 Å². The molecule has 0 aromatic heterocycles. The van der Waals surface area contributed by atoms with Gasteiger partial charge in [-0.1, -0.05) is 32.0 Å². The molecule has 0 spiro atoms. The van der Waals surface area contributed by atoms with E-state index in [9.17, 15) is 13.2 Å². The number of allylic oxidation sites excluding steroid dienone is 1. The predicted molar refractivity (Wildman–Crippen MR) is 114 cm³/mol. The number of rotatable bonds is 6. The largest absolute Gasteiger partial charge is 0.497 e. The summed E-state index contributed by atoms with van der Waals surface area (Å²) in [5, 5.41) is 0. The van der Waals surface area contributed by atoms with Gasteiger partial charge in [0.1, 0.15) is 5.75 Å². The Morgan fingerprint density at radius 2 is 1.76 bits per heavy atom. The summed E-state index contributed by atoms with van der Waals surface area (Å²) < 4.78 is 31.7. The van der Waals surface area contributed by atoms with E-state index in [0.29, 0.717) is 5.75 Å². The number of benzene rings is 2. The number of hydrogen-bond acceptors (Lipinski definition) is 5. The van der Waals surface area contributed by atoms with Crippen LogP contribution in [0.4, 0.5) is 5.69 Å². The second-order valence-electron chi connectivity index (χ2n) is 7.63. The number of sulfonamides is 1. The molecule has 1 heterocycles. The molecule has 0 atom stereocenters. The molecule has 7 heteroatoms. The van der Waals surface area contributed by atoms with Crippen LogP contribution in [0.2, 0.25) is 0 Å². The maximum absolute atomic E-state index is 12.8. The van der Waals surface area contributed by atoms with E-state index in [-0.39, 0.29) is 22.6 Å². The highest BCUT2D eigenvalue weighted by Crippen LogP contribution is 2.46. The normalized spacial score (nSPS) is 16.9. The highest BCUT2D eigenvalue weighted by molar-refractivity contribution is 7.89. The summed E-state index contributed by atoms with van der Waals surface area (Å²) in [5.74, 6) is 0.297. The maximum Gasteiger partial charge on any atom is 0.243 e. The van der Waals surface area contributed by atoms with Gasteiger partial charge in [-0.3, -0.25) is 4.79 Å². The predicted octanol–water partition coefficient (Wildman–Crippen LogP) is 3.20. The Morgan fingerprint density at radius 3 is 2.34 bits per heavy atom. The average Bonchev–Trinajstić information content (AvgIpc) is 2.89. The van der Waals surface area contributed by atoms with Crippen molar-refractivity contribution < 1.29 is 17.9 Å². The number of fused-ring (bicyclic) bond motifs is 1. The molecule has 0 radical (unpaired) electrons. The van der Waals surface area contributed by atoms with Gasteiger partial charge >= 0.3 is 0 Å². The summed E-state index contributed by atoms with van der Waals surface area (Å²) in [7, 11) is 1.07. The molecule has 2 aromatic rings. The molecule has 154 valence electrons. The van der Waals surface area contributed by atoms with E-state index in [2.05, 4.69) is 19.9 Å². The fraction of sp³-hybridized carbons (Fsp3) is 0.318. The number of hydrogen-bond donors (Lipinski definition) is 0. The molecule has 1 aliphatic heterocycles. The van der Waals surface area contributed by atoms with E-state index in [1.165, 1.54) is 26.3 Å². The van der Waals surface area contributed by atoms with Crippen LogP contribution >= 0.6 is 0 Å². The zero-order valence-corrected chi connectivity index (χ0v) is 18.2. The molecule has 0 N–H and O–H groups in total. The Labute approximate surface area is 172 Å². The SMILES string of the molecule is COc1ccc(S(=O)(=O)N(C)CC(=O)/C=C2/N(C)c3ccccc3C2(C)C)cc1. The number of para-hydroxylation sites is 1. The molecule has 0 unspecified atom stereocenters. The van der Waals surface area contributed by atoms with Crippen molar-refractivity contribution in [1.82, 2.24) is 4.31 Å². The Balaban J connectivity index is 1.81. The zero-order chi connectivity index (χ0) is 21.4. The first-order valence-electron chi connectivity index (χ1n) is 9.27. The van der Waals surface area contributed by atoms with Crippen LogP contribution in [0.1, 0.15) is 19.4 Å². The first kappa shape index (κ1) is 21.1. The minimum atomic E-state index is -3.77. The molecule has 0 amide bonds. The highest BCUT2D eigenvalue weighted by atomic mass is 32.2. The summed E-state index contributed by atoms with van der Waals surface area (Å²) in [6.07, 6.45) is 1.56. The summed E-state index contributed by atoms with van der Waals surface area (Å²) in [5.41, 5.74) is 2.70. The quantitative estimate of drug-likeness (QED) is 0.679. The van der Waals surface area contributed by atoms with Gasteiger partial charge in [-0.05, 0) is 35.9 Å². The monoisotopic (exact) mass is 414 g/mol. The van der Waals surface area contributed by atoms with Crippen molar-refractivity contribution in [3.8, 4) is 5.75 Å². The Morgan fingerprint density at radius 1 is 1.14 bits per heavy atom. The molecule has 0 saturated carbocycles. The van der Waals surface area contributed by atoms with Gasteiger partial charge in [-0.2, -0.15) is 4.31 Å². The van der Waals surface area contributed by atoms with Gasteiger partial charge in [0, 0.05) is 37.0 Å². The van der Waals surface area contributed by atoms with Crippen molar-refractivity contribution in [1.29, 1.82) is 0 Å². The Kier molecular flexibility index (Phi) is 5.56. The van der Waals surface area contributed by atoms with E-state index in [4.69, 9.17) is 4.74 Å². The standard InChI is InChI=1S/C22H26N2O4S/c1-22(2)19-8-6-7-9-20(19)24(4)21(22)14-16(25)15-23(3)29(26,27)18-12-10-17(28-5)11-13-18/h6-14H,15H2,1-5H3/b21-14+. The van der Waals surface area contributed by atoms with Gasteiger partial charge in [-0.15, -0.1) is 0 Å². The lowest BCUT2D eigenvalue weighted by molar-refractivity contribution is -0.114. The number of carbonyl (C=O) groups excluding carboxylic acids is 1. The van der Waals surface area contributed by atoms with Crippen LogP contribution in [-0.4, -0.2) is 46.3 Å². The third-order valence-electron chi connectivity index (χ3n) is 5.38. The van der Waals surface area contributed by atoms with Crippen LogP contribution in [0.5, 0.6) is 5.75 Å². The average molecular weight is 415 g/mol. The van der Waals surface area contributed by atoms with E-state index >= 15 is 0 Å². The number of ketones is 1. The number of anilines is 1. The molecule has 0 aliphatic carbocycles. The molecule has 6 nitrogen and oxygen atoms in total. The van der Waals surface area contributed by atoms with Crippen LogP contribution in [0.25, 0.3) is 0 Å². The fourth-order valence-corrected chi connectivity index (χ4v) is 4.83. The second kappa shape index (κ2) is 7.65. The lowest BCUT2D eigenvalue weighted by Crippen LogP contribution is -2.32. The van der Waals surface area contributed by atoms with Crippen molar-refractivity contribution in [3.63, 3.8) is 0 Å². The first-order valence-corrected chi connectivity index (χ1v) is 10.7. The van der Waals surface area contributed by atoms with E-state index in [1.807, 2.05) is 30.1 Å². The minimum absolute atomic E-state index is 0.118. The van der Waals surface area contributed by atoms with E-state index < -0.39 is 10.0 Å². The van der Waals surface area contributed by atoms with Gasteiger partial charge in [0.25, 0.3) is 0 Å². The first-order chi connectivity index (χ1) is 13.6. The number of carbonyl (C=O) groups is 1. The molecule has 29 heavy (non-hydrogen) atoms. The molecule has 0 fully saturated rings. The summed E-state index contributed by atoms with van der Waals surface area (Å²) in [6.45, 7) is 3.89. The Bertz CT molecular complexity index is 1060. The number of methoxy groups -OCH3 is 1. The minimum Gasteiger partial charge on any atom is -0.497 e. The molecule has 1 aliphatic rings. The summed E-state index contributed by atoms with van der Waals surface area (Å²) in [6, 6.07) is 14.1. The zero-order valence-electron chi connectivity index (χ0n) is 17.3. The number of nitrogens with zero attached hydrogens (tertiary/aromatic N) is 2. The Hall–Kier alpha value is -2.64. The molecule has 0 saturated heterocycles. The van der Waals surface area contributed by atoms with Crippen molar-refractivity contribution in [2.75, 3.05) is 32.6 Å². The third-order valence-corrected chi connectivity index (χ3v) is 7.20. The fourth-order valence-electron chi connectivity index (χ4n) is 3.69. The van der Waals surface area contributed by atoms with E-state index in [0.717, 1.165) is 21.3 Å². The van der Waals surface area contributed by atoms with Gasteiger partial charge in [-0.25, -0.2) is 8.42 Å². The molecular weight excluding hydrogens is 388 g/mol. The van der Waals surface area contributed by atoms with Crippen LogP contribution < -0.4 is 9.64 Å².